The first-order chi connectivity index (χ1) is 14.8. The summed E-state index contributed by atoms with van der Waals surface area (Å²) in [6.07, 6.45) is 3.75. The number of benzene rings is 1. The standard InChI is InChI=1S/C22H24F2N4O2S/c1-14(2)20-21(31-18-10-16(23)9-17(24)11-18)28(13-15-5-3-7-26-12-15)19(27-20)6-4-8-30-22(25)29/h3,5,7,9-12,14H,4,6,8,13H2,1-2H3,(H2,25,29). The Labute approximate surface area is 183 Å². The van der Waals surface area contributed by atoms with Crippen molar-refractivity contribution >= 4 is 17.9 Å². The van der Waals surface area contributed by atoms with Gasteiger partial charge >= 0.3 is 6.09 Å². The van der Waals surface area contributed by atoms with E-state index in [1.54, 1.807) is 12.4 Å². The highest BCUT2D eigenvalue weighted by Gasteiger charge is 2.21. The highest BCUT2D eigenvalue weighted by atomic mass is 32.2. The average Bonchev–Trinajstić information content (AvgIpc) is 3.02. The van der Waals surface area contributed by atoms with Gasteiger partial charge in [-0.05, 0) is 36.1 Å². The van der Waals surface area contributed by atoms with Crippen molar-refractivity contribution in [2.75, 3.05) is 6.61 Å². The molecule has 0 saturated heterocycles. The molecule has 1 amide bonds. The van der Waals surface area contributed by atoms with Crippen molar-refractivity contribution in [2.45, 2.75) is 49.1 Å². The Hall–Kier alpha value is -2.94. The van der Waals surface area contributed by atoms with E-state index in [4.69, 9.17) is 15.5 Å². The molecule has 0 atom stereocenters. The van der Waals surface area contributed by atoms with Gasteiger partial charge in [-0.1, -0.05) is 31.7 Å². The third-order valence-corrected chi connectivity index (χ3v) is 5.57. The number of carbonyl (C=O) groups is 1. The summed E-state index contributed by atoms with van der Waals surface area (Å²) in [7, 11) is 0. The molecule has 2 aromatic heterocycles. The molecule has 2 N–H and O–H groups in total. The van der Waals surface area contributed by atoms with Crippen LogP contribution in [-0.2, 0) is 17.7 Å². The first-order valence-corrected chi connectivity index (χ1v) is 10.7. The Kier molecular flexibility index (Phi) is 7.62. The molecule has 1 aromatic carbocycles. The molecule has 3 aromatic rings. The number of carbonyl (C=O) groups excluding carboxylic acids is 1. The lowest BCUT2D eigenvalue weighted by molar-refractivity contribution is 0.155. The van der Waals surface area contributed by atoms with Crippen molar-refractivity contribution < 1.29 is 18.3 Å². The third kappa shape index (κ3) is 6.27. The molecule has 0 aliphatic rings. The molecule has 31 heavy (non-hydrogen) atoms. The van der Waals surface area contributed by atoms with Crippen LogP contribution in [0, 0.1) is 11.6 Å². The number of imidazole rings is 1. The number of hydrogen-bond acceptors (Lipinski definition) is 5. The van der Waals surface area contributed by atoms with Gasteiger partial charge < -0.3 is 15.0 Å². The van der Waals surface area contributed by atoms with Crippen LogP contribution in [0.3, 0.4) is 0 Å². The Bertz CT molecular complexity index is 1020. The molecule has 0 saturated carbocycles. The summed E-state index contributed by atoms with van der Waals surface area (Å²) in [4.78, 5) is 20.3. The lowest BCUT2D eigenvalue weighted by Crippen LogP contribution is -2.14. The third-order valence-electron chi connectivity index (χ3n) is 4.48. The Balaban J connectivity index is 1.99. The molecular formula is C22H24F2N4O2S. The van der Waals surface area contributed by atoms with Crippen LogP contribution < -0.4 is 5.73 Å². The van der Waals surface area contributed by atoms with Gasteiger partial charge in [0.05, 0.1) is 18.8 Å². The quantitative estimate of drug-likeness (QED) is 0.473. The normalized spacial score (nSPS) is 11.1. The number of aryl methyl sites for hydroxylation is 1. The zero-order chi connectivity index (χ0) is 22.4. The fraction of sp³-hybridized carbons (Fsp3) is 0.318. The molecule has 0 aliphatic carbocycles. The van der Waals surface area contributed by atoms with Gasteiger partial charge in [0, 0.05) is 29.8 Å². The van der Waals surface area contributed by atoms with Crippen LogP contribution >= 0.6 is 11.8 Å². The predicted octanol–water partition coefficient (Wildman–Crippen LogP) is 4.91. The topological polar surface area (TPSA) is 83.0 Å². The van der Waals surface area contributed by atoms with E-state index in [1.807, 2.05) is 30.5 Å². The van der Waals surface area contributed by atoms with Gasteiger partial charge in [0.15, 0.2) is 0 Å². The van der Waals surface area contributed by atoms with Gasteiger partial charge in [-0.3, -0.25) is 4.98 Å². The van der Waals surface area contributed by atoms with Gasteiger partial charge in [-0.25, -0.2) is 18.6 Å². The number of halogens is 2. The molecule has 3 rings (SSSR count). The second-order valence-electron chi connectivity index (χ2n) is 7.30. The molecular weight excluding hydrogens is 422 g/mol. The van der Waals surface area contributed by atoms with Crippen molar-refractivity contribution in [1.82, 2.24) is 14.5 Å². The van der Waals surface area contributed by atoms with Crippen LogP contribution in [0.1, 0.15) is 43.3 Å². The fourth-order valence-electron chi connectivity index (χ4n) is 3.12. The molecule has 164 valence electrons. The van der Waals surface area contributed by atoms with Crippen molar-refractivity contribution in [1.29, 1.82) is 0 Å². The average molecular weight is 447 g/mol. The van der Waals surface area contributed by atoms with E-state index in [0.717, 1.165) is 28.2 Å². The lowest BCUT2D eigenvalue weighted by atomic mass is 10.1. The summed E-state index contributed by atoms with van der Waals surface area (Å²) in [5.74, 6) is -0.372. The van der Waals surface area contributed by atoms with Crippen LogP contribution in [0.4, 0.5) is 13.6 Å². The van der Waals surface area contributed by atoms with E-state index < -0.39 is 17.7 Å². The molecule has 0 fully saturated rings. The zero-order valence-electron chi connectivity index (χ0n) is 17.3. The van der Waals surface area contributed by atoms with E-state index in [-0.39, 0.29) is 12.5 Å². The van der Waals surface area contributed by atoms with E-state index >= 15 is 0 Å². The summed E-state index contributed by atoms with van der Waals surface area (Å²) in [6.45, 7) is 4.73. The highest BCUT2D eigenvalue weighted by Crippen LogP contribution is 2.36. The van der Waals surface area contributed by atoms with E-state index in [9.17, 15) is 13.6 Å². The zero-order valence-corrected chi connectivity index (χ0v) is 18.2. The molecule has 2 heterocycles. The lowest BCUT2D eigenvalue weighted by Gasteiger charge is -2.14. The molecule has 0 spiro atoms. The summed E-state index contributed by atoms with van der Waals surface area (Å²) in [5, 5.41) is 0.815. The number of amides is 1. The molecule has 0 unspecified atom stereocenters. The predicted molar refractivity (Wildman–Crippen MR) is 114 cm³/mol. The number of hydrogen-bond donors (Lipinski definition) is 1. The number of pyridine rings is 1. The first kappa shape index (κ1) is 22.7. The minimum atomic E-state index is -0.814. The SMILES string of the molecule is CC(C)c1nc(CCCOC(N)=O)n(Cc2cccnc2)c1Sc1cc(F)cc(F)c1. The van der Waals surface area contributed by atoms with Crippen molar-refractivity contribution in [3.05, 3.63) is 71.4 Å². The first-order valence-electron chi connectivity index (χ1n) is 9.88. The van der Waals surface area contributed by atoms with Crippen molar-refractivity contribution in [3.8, 4) is 0 Å². The largest absolute Gasteiger partial charge is 0.450 e. The van der Waals surface area contributed by atoms with Crippen LogP contribution in [0.15, 0.2) is 52.6 Å². The Morgan fingerprint density at radius 1 is 1.26 bits per heavy atom. The second-order valence-corrected chi connectivity index (χ2v) is 8.36. The molecule has 6 nitrogen and oxygen atoms in total. The number of aromatic nitrogens is 3. The van der Waals surface area contributed by atoms with Gasteiger partial charge in [0.1, 0.15) is 22.5 Å². The maximum Gasteiger partial charge on any atom is 0.404 e. The number of nitrogens with two attached hydrogens (primary N) is 1. The van der Waals surface area contributed by atoms with E-state index in [0.29, 0.717) is 24.3 Å². The summed E-state index contributed by atoms with van der Waals surface area (Å²) < 4.78 is 34.4. The van der Waals surface area contributed by atoms with E-state index in [2.05, 4.69) is 4.98 Å². The van der Waals surface area contributed by atoms with Crippen molar-refractivity contribution in [3.63, 3.8) is 0 Å². The molecule has 9 heteroatoms. The Morgan fingerprint density at radius 2 is 2.00 bits per heavy atom. The summed E-state index contributed by atoms with van der Waals surface area (Å²) in [6, 6.07) is 7.27. The minimum Gasteiger partial charge on any atom is -0.450 e. The number of rotatable bonds is 9. The Morgan fingerprint density at radius 3 is 2.61 bits per heavy atom. The van der Waals surface area contributed by atoms with Crippen molar-refractivity contribution in [2.24, 2.45) is 5.73 Å². The smallest absolute Gasteiger partial charge is 0.404 e. The van der Waals surface area contributed by atoms with Crippen LogP contribution in [-0.4, -0.2) is 27.2 Å². The molecule has 0 bridgehead atoms. The maximum absolute atomic E-state index is 13.8. The summed E-state index contributed by atoms with van der Waals surface area (Å²) >= 11 is 1.28. The molecule has 0 radical (unpaired) electrons. The fourth-order valence-corrected chi connectivity index (χ4v) is 4.35. The van der Waals surface area contributed by atoms with Crippen LogP contribution in [0.5, 0.6) is 0 Å². The number of primary amides is 1. The van der Waals surface area contributed by atoms with Crippen LogP contribution in [0.25, 0.3) is 0 Å². The minimum absolute atomic E-state index is 0.0941. The van der Waals surface area contributed by atoms with Gasteiger partial charge in [-0.15, -0.1) is 0 Å². The van der Waals surface area contributed by atoms with Gasteiger partial charge in [0.25, 0.3) is 0 Å². The monoisotopic (exact) mass is 446 g/mol. The van der Waals surface area contributed by atoms with E-state index in [1.165, 1.54) is 23.9 Å². The number of ether oxygens (including phenoxy) is 1. The summed E-state index contributed by atoms with van der Waals surface area (Å²) in [5.41, 5.74) is 6.84. The molecule has 0 aliphatic heterocycles. The number of nitrogens with zero attached hydrogens (tertiary/aromatic N) is 3. The highest BCUT2D eigenvalue weighted by molar-refractivity contribution is 7.99. The second kappa shape index (κ2) is 10.4. The van der Waals surface area contributed by atoms with Gasteiger partial charge in [0.2, 0.25) is 0 Å². The maximum atomic E-state index is 13.8. The van der Waals surface area contributed by atoms with Gasteiger partial charge in [-0.2, -0.15) is 0 Å². The van der Waals surface area contributed by atoms with Crippen LogP contribution in [0.2, 0.25) is 0 Å².